The van der Waals surface area contributed by atoms with Gasteiger partial charge in [0, 0.05) is 18.0 Å². The monoisotopic (exact) mass is 240 g/mol. The fourth-order valence-electron chi connectivity index (χ4n) is 1.70. The summed E-state index contributed by atoms with van der Waals surface area (Å²) in [6.07, 6.45) is 4.49. The highest BCUT2D eigenvalue weighted by Gasteiger charge is 2.15. The minimum Gasteiger partial charge on any atom is -0.288 e. The van der Waals surface area contributed by atoms with Gasteiger partial charge in [-0.3, -0.25) is 4.79 Å². The number of rotatable bonds is 2. The number of ketones is 1. The second-order valence-electron chi connectivity index (χ2n) is 5.28. The molecule has 0 radical (unpaired) electrons. The first-order chi connectivity index (χ1) is 8.48. The second-order valence-corrected chi connectivity index (χ2v) is 5.28. The van der Waals surface area contributed by atoms with Crippen molar-refractivity contribution < 1.29 is 4.79 Å². The van der Waals surface area contributed by atoms with Crippen molar-refractivity contribution in [2.45, 2.75) is 26.2 Å². The van der Waals surface area contributed by atoms with E-state index in [9.17, 15) is 4.79 Å². The molecule has 0 atom stereocenters. The number of carbonyl (C=O) groups excluding carboxylic acids is 1. The third-order valence-electron chi connectivity index (χ3n) is 2.84. The molecular formula is C15H16N2O. The fraction of sp³-hybridized carbons (Fsp3) is 0.267. The normalized spacial score (nSPS) is 11.3. The lowest BCUT2D eigenvalue weighted by atomic mass is 9.86. The van der Waals surface area contributed by atoms with Crippen LogP contribution in [0, 0.1) is 0 Å². The van der Waals surface area contributed by atoms with Crippen LogP contribution in [-0.4, -0.2) is 15.8 Å². The molecule has 0 bridgehead atoms. The van der Waals surface area contributed by atoms with Crippen molar-refractivity contribution in [3.8, 4) is 0 Å². The van der Waals surface area contributed by atoms with E-state index in [-0.39, 0.29) is 11.2 Å². The topological polar surface area (TPSA) is 42.9 Å². The molecule has 2 rings (SSSR count). The summed E-state index contributed by atoms with van der Waals surface area (Å²) >= 11 is 0. The van der Waals surface area contributed by atoms with Crippen molar-refractivity contribution in [2.75, 3.05) is 0 Å². The van der Waals surface area contributed by atoms with Crippen LogP contribution in [-0.2, 0) is 5.41 Å². The SMILES string of the molecule is CC(C)(C)c1ccc(C(=O)c2cncnc2)cc1. The van der Waals surface area contributed by atoms with Crippen LogP contribution in [0.5, 0.6) is 0 Å². The number of benzene rings is 1. The van der Waals surface area contributed by atoms with Crippen LogP contribution >= 0.6 is 0 Å². The average Bonchev–Trinajstić information content (AvgIpc) is 2.38. The summed E-state index contributed by atoms with van der Waals surface area (Å²) in [5.74, 6) is -0.0453. The Hall–Kier alpha value is -2.03. The van der Waals surface area contributed by atoms with E-state index < -0.39 is 0 Å². The number of hydrogen-bond donors (Lipinski definition) is 0. The Morgan fingerprint density at radius 3 is 2.00 bits per heavy atom. The van der Waals surface area contributed by atoms with Gasteiger partial charge in [0.2, 0.25) is 0 Å². The van der Waals surface area contributed by atoms with E-state index in [0.717, 1.165) is 0 Å². The molecule has 92 valence electrons. The highest BCUT2D eigenvalue weighted by Crippen LogP contribution is 2.22. The van der Waals surface area contributed by atoms with Crippen LogP contribution in [0.3, 0.4) is 0 Å². The van der Waals surface area contributed by atoms with Crippen molar-refractivity contribution in [1.82, 2.24) is 9.97 Å². The Bertz CT molecular complexity index is 539. The first-order valence-corrected chi connectivity index (χ1v) is 5.89. The van der Waals surface area contributed by atoms with Gasteiger partial charge < -0.3 is 0 Å². The molecule has 18 heavy (non-hydrogen) atoms. The fourth-order valence-corrected chi connectivity index (χ4v) is 1.70. The molecule has 2 aromatic rings. The van der Waals surface area contributed by atoms with Crippen molar-refractivity contribution in [3.63, 3.8) is 0 Å². The zero-order valence-corrected chi connectivity index (χ0v) is 10.8. The van der Waals surface area contributed by atoms with Gasteiger partial charge in [-0.25, -0.2) is 9.97 Å². The summed E-state index contributed by atoms with van der Waals surface area (Å²) in [5.41, 5.74) is 2.49. The molecule has 0 spiro atoms. The van der Waals surface area contributed by atoms with Gasteiger partial charge in [-0.05, 0) is 11.0 Å². The molecule has 0 aliphatic carbocycles. The van der Waals surface area contributed by atoms with Crippen LogP contribution in [0.1, 0.15) is 42.3 Å². The standard InChI is InChI=1S/C15H16N2O/c1-15(2,3)13-6-4-11(5-7-13)14(18)12-8-16-10-17-9-12/h4-10H,1-3H3. The maximum Gasteiger partial charge on any atom is 0.196 e. The average molecular weight is 240 g/mol. The quantitative estimate of drug-likeness (QED) is 0.758. The van der Waals surface area contributed by atoms with E-state index >= 15 is 0 Å². The van der Waals surface area contributed by atoms with Crippen molar-refractivity contribution in [2.24, 2.45) is 0 Å². The zero-order valence-electron chi connectivity index (χ0n) is 10.8. The minimum absolute atomic E-state index is 0.0453. The van der Waals surface area contributed by atoms with E-state index in [4.69, 9.17) is 0 Å². The molecule has 0 aliphatic heterocycles. The summed E-state index contributed by atoms with van der Waals surface area (Å²) in [4.78, 5) is 19.8. The molecule has 0 unspecified atom stereocenters. The molecule has 0 amide bonds. The first-order valence-electron chi connectivity index (χ1n) is 5.89. The summed E-state index contributed by atoms with van der Waals surface area (Å²) in [6, 6.07) is 7.71. The molecule has 1 heterocycles. The summed E-state index contributed by atoms with van der Waals surface area (Å²) in [7, 11) is 0. The Kier molecular flexibility index (Phi) is 3.24. The lowest BCUT2D eigenvalue weighted by molar-refractivity contribution is 0.103. The van der Waals surface area contributed by atoms with Crippen LogP contribution in [0.15, 0.2) is 43.0 Å². The smallest absolute Gasteiger partial charge is 0.196 e. The van der Waals surface area contributed by atoms with Gasteiger partial charge in [0.25, 0.3) is 0 Å². The van der Waals surface area contributed by atoms with Crippen LogP contribution < -0.4 is 0 Å². The number of aromatic nitrogens is 2. The molecule has 0 saturated carbocycles. The van der Waals surface area contributed by atoms with Gasteiger partial charge in [-0.1, -0.05) is 45.0 Å². The molecule has 3 heteroatoms. The number of hydrogen-bond acceptors (Lipinski definition) is 3. The number of nitrogens with zero attached hydrogens (tertiary/aromatic N) is 2. The van der Waals surface area contributed by atoms with Gasteiger partial charge in [-0.2, -0.15) is 0 Å². The minimum atomic E-state index is -0.0453. The van der Waals surface area contributed by atoms with E-state index in [1.165, 1.54) is 24.3 Å². The second kappa shape index (κ2) is 4.69. The Labute approximate surface area is 107 Å². The molecule has 1 aromatic carbocycles. The van der Waals surface area contributed by atoms with E-state index in [1.807, 2.05) is 24.3 Å². The highest BCUT2D eigenvalue weighted by atomic mass is 16.1. The van der Waals surface area contributed by atoms with Gasteiger partial charge in [0.1, 0.15) is 6.33 Å². The molecule has 0 N–H and O–H groups in total. The Morgan fingerprint density at radius 1 is 0.944 bits per heavy atom. The van der Waals surface area contributed by atoms with Gasteiger partial charge in [-0.15, -0.1) is 0 Å². The highest BCUT2D eigenvalue weighted by molar-refractivity contribution is 6.08. The number of carbonyl (C=O) groups is 1. The molecule has 3 nitrogen and oxygen atoms in total. The van der Waals surface area contributed by atoms with Crippen molar-refractivity contribution in [3.05, 3.63) is 59.7 Å². The summed E-state index contributed by atoms with van der Waals surface area (Å²) in [6.45, 7) is 6.44. The maximum atomic E-state index is 12.1. The lowest BCUT2D eigenvalue weighted by Gasteiger charge is -2.18. The van der Waals surface area contributed by atoms with Gasteiger partial charge >= 0.3 is 0 Å². The predicted octanol–water partition coefficient (Wildman–Crippen LogP) is 3.01. The summed E-state index contributed by atoms with van der Waals surface area (Å²) < 4.78 is 0. The van der Waals surface area contributed by atoms with Gasteiger partial charge in [0.15, 0.2) is 5.78 Å². The van der Waals surface area contributed by atoms with E-state index in [2.05, 4.69) is 30.7 Å². The van der Waals surface area contributed by atoms with Crippen LogP contribution in [0.4, 0.5) is 0 Å². The molecule has 1 aromatic heterocycles. The third-order valence-corrected chi connectivity index (χ3v) is 2.84. The first kappa shape index (κ1) is 12.4. The van der Waals surface area contributed by atoms with E-state index in [1.54, 1.807) is 0 Å². The Morgan fingerprint density at radius 2 is 1.50 bits per heavy atom. The van der Waals surface area contributed by atoms with Crippen molar-refractivity contribution >= 4 is 5.78 Å². The van der Waals surface area contributed by atoms with Crippen molar-refractivity contribution in [1.29, 1.82) is 0 Å². The van der Waals surface area contributed by atoms with Gasteiger partial charge in [0.05, 0.1) is 5.56 Å². The molecule has 0 aliphatic rings. The van der Waals surface area contributed by atoms with E-state index in [0.29, 0.717) is 11.1 Å². The van der Waals surface area contributed by atoms with Crippen LogP contribution in [0.25, 0.3) is 0 Å². The molecular weight excluding hydrogens is 224 g/mol. The predicted molar refractivity (Wildman–Crippen MR) is 70.6 cm³/mol. The largest absolute Gasteiger partial charge is 0.288 e. The maximum absolute atomic E-state index is 12.1. The molecule has 0 fully saturated rings. The third kappa shape index (κ3) is 2.62. The lowest BCUT2D eigenvalue weighted by Crippen LogP contribution is -2.11. The zero-order chi connectivity index (χ0) is 13.2. The molecule has 0 saturated heterocycles. The summed E-state index contributed by atoms with van der Waals surface area (Å²) in [5, 5.41) is 0. The van der Waals surface area contributed by atoms with Crippen LogP contribution in [0.2, 0.25) is 0 Å². The Balaban J connectivity index is 2.28.